The second-order valence-corrected chi connectivity index (χ2v) is 4.65. The van der Waals surface area contributed by atoms with Crippen molar-refractivity contribution >= 4 is 17.4 Å². The number of hydrogen-bond acceptors (Lipinski definition) is 4. The number of rotatable bonds is 7. The van der Waals surface area contributed by atoms with Gasteiger partial charge in [0.2, 0.25) is 0 Å². The Bertz CT molecular complexity index is 387. The van der Waals surface area contributed by atoms with E-state index in [9.17, 15) is 5.26 Å². The van der Waals surface area contributed by atoms with Crippen LogP contribution in [0, 0.1) is 11.3 Å². The molecule has 0 aliphatic rings. The number of nitrogens with zero attached hydrogens (tertiary/aromatic N) is 1. The van der Waals surface area contributed by atoms with Gasteiger partial charge in [-0.05, 0) is 24.8 Å². The van der Waals surface area contributed by atoms with Gasteiger partial charge in [-0.1, -0.05) is 13.0 Å². The molecule has 17 heavy (non-hydrogen) atoms. The van der Waals surface area contributed by atoms with Crippen LogP contribution in [0.5, 0.6) is 0 Å². The van der Waals surface area contributed by atoms with Gasteiger partial charge in [-0.2, -0.15) is 5.26 Å². The molecule has 0 aliphatic carbocycles. The van der Waals surface area contributed by atoms with Crippen molar-refractivity contribution < 1.29 is 4.74 Å². The molecule has 0 heterocycles. The number of ether oxygens (including phenoxy) is 1. The molecule has 1 aromatic rings. The maximum absolute atomic E-state index is 9.19. The van der Waals surface area contributed by atoms with Gasteiger partial charge < -0.3 is 10.1 Å². The first-order chi connectivity index (χ1) is 8.33. The van der Waals surface area contributed by atoms with Crippen molar-refractivity contribution in [3.63, 3.8) is 0 Å². The third-order valence-corrected chi connectivity index (χ3v) is 3.14. The fourth-order valence-corrected chi connectivity index (χ4v) is 2.26. The van der Waals surface area contributed by atoms with Gasteiger partial charge >= 0.3 is 0 Å². The van der Waals surface area contributed by atoms with Crippen molar-refractivity contribution in [3.8, 4) is 6.07 Å². The highest BCUT2D eigenvalue weighted by molar-refractivity contribution is 7.99. The SMILES string of the molecule is CCOCCNc1cccc(SCC)c1C#N. The number of anilines is 1. The van der Waals surface area contributed by atoms with Gasteiger partial charge in [0.25, 0.3) is 0 Å². The van der Waals surface area contributed by atoms with Crippen LogP contribution in [0.15, 0.2) is 23.1 Å². The van der Waals surface area contributed by atoms with Gasteiger partial charge in [0.15, 0.2) is 0 Å². The first kappa shape index (κ1) is 13.9. The summed E-state index contributed by atoms with van der Waals surface area (Å²) in [5, 5.41) is 12.4. The summed E-state index contributed by atoms with van der Waals surface area (Å²) < 4.78 is 5.26. The minimum atomic E-state index is 0.659. The Morgan fingerprint density at radius 1 is 1.41 bits per heavy atom. The van der Waals surface area contributed by atoms with Crippen LogP contribution < -0.4 is 5.32 Å². The number of benzene rings is 1. The highest BCUT2D eigenvalue weighted by Gasteiger charge is 2.07. The number of thioether (sulfide) groups is 1. The van der Waals surface area contributed by atoms with E-state index < -0.39 is 0 Å². The van der Waals surface area contributed by atoms with Crippen LogP contribution in [0.25, 0.3) is 0 Å². The van der Waals surface area contributed by atoms with Crippen molar-refractivity contribution in [2.75, 3.05) is 30.8 Å². The average molecular weight is 250 g/mol. The third-order valence-electron chi connectivity index (χ3n) is 2.20. The smallest absolute Gasteiger partial charge is 0.102 e. The summed E-state index contributed by atoms with van der Waals surface area (Å²) in [6.45, 7) is 6.16. The van der Waals surface area contributed by atoms with E-state index in [0.717, 1.165) is 35.1 Å². The molecule has 0 aromatic heterocycles. The normalized spacial score (nSPS) is 9.94. The molecule has 0 fully saturated rings. The minimum Gasteiger partial charge on any atom is -0.382 e. The standard InChI is InChI=1S/C13H18N2OS/c1-3-16-9-8-15-12-6-5-7-13(17-4-2)11(12)10-14/h5-7,15H,3-4,8-9H2,1-2H3. The van der Waals surface area contributed by atoms with Crippen LogP contribution in [0.3, 0.4) is 0 Å². The number of nitrogens with one attached hydrogen (secondary N) is 1. The molecule has 0 saturated carbocycles. The average Bonchev–Trinajstić information content (AvgIpc) is 2.35. The van der Waals surface area contributed by atoms with E-state index in [2.05, 4.69) is 18.3 Å². The van der Waals surface area contributed by atoms with E-state index in [1.807, 2.05) is 25.1 Å². The first-order valence-electron chi connectivity index (χ1n) is 5.81. The zero-order chi connectivity index (χ0) is 12.5. The predicted molar refractivity (Wildman–Crippen MR) is 72.5 cm³/mol. The maximum atomic E-state index is 9.19. The second-order valence-electron chi connectivity index (χ2n) is 3.35. The molecule has 1 N–H and O–H groups in total. The summed E-state index contributed by atoms with van der Waals surface area (Å²) in [4.78, 5) is 1.04. The van der Waals surface area contributed by atoms with E-state index in [1.54, 1.807) is 11.8 Å². The fourth-order valence-electron chi connectivity index (χ4n) is 1.47. The van der Waals surface area contributed by atoms with Crippen molar-refractivity contribution in [2.45, 2.75) is 18.7 Å². The Labute approximate surface area is 107 Å². The Morgan fingerprint density at radius 2 is 2.24 bits per heavy atom. The lowest BCUT2D eigenvalue weighted by Gasteiger charge is -2.10. The van der Waals surface area contributed by atoms with Crippen molar-refractivity contribution in [2.24, 2.45) is 0 Å². The number of nitriles is 1. The third kappa shape index (κ3) is 4.29. The molecular weight excluding hydrogens is 232 g/mol. The van der Waals surface area contributed by atoms with E-state index >= 15 is 0 Å². The summed E-state index contributed by atoms with van der Waals surface area (Å²) in [6, 6.07) is 8.16. The Balaban J connectivity index is 2.70. The summed E-state index contributed by atoms with van der Waals surface area (Å²) in [7, 11) is 0. The fraction of sp³-hybridized carbons (Fsp3) is 0.462. The molecule has 0 aliphatic heterocycles. The number of hydrogen-bond donors (Lipinski definition) is 1. The highest BCUT2D eigenvalue weighted by Crippen LogP contribution is 2.27. The molecule has 3 nitrogen and oxygen atoms in total. The topological polar surface area (TPSA) is 45.0 Å². The van der Waals surface area contributed by atoms with E-state index in [1.165, 1.54) is 0 Å². The second kappa shape index (κ2) is 7.99. The Kier molecular flexibility index (Phi) is 6.53. The van der Waals surface area contributed by atoms with Crippen molar-refractivity contribution in [3.05, 3.63) is 23.8 Å². The van der Waals surface area contributed by atoms with Crippen LogP contribution in [-0.4, -0.2) is 25.5 Å². The molecule has 0 radical (unpaired) electrons. The molecule has 0 bridgehead atoms. The van der Waals surface area contributed by atoms with Gasteiger partial charge in [0.05, 0.1) is 17.9 Å². The van der Waals surface area contributed by atoms with Gasteiger partial charge in [-0.15, -0.1) is 11.8 Å². The zero-order valence-corrected chi connectivity index (χ0v) is 11.1. The molecule has 4 heteroatoms. The van der Waals surface area contributed by atoms with Crippen molar-refractivity contribution in [1.29, 1.82) is 5.26 Å². The predicted octanol–water partition coefficient (Wildman–Crippen LogP) is 3.12. The Hall–Kier alpha value is -1.18. The zero-order valence-electron chi connectivity index (χ0n) is 10.3. The maximum Gasteiger partial charge on any atom is 0.102 e. The lowest BCUT2D eigenvalue weighted by molar-refractivity contribution is 0.158. The summed E-state index contributed by atoms with van der Waals surface area (Å²) in [6.07, 6.45) is 0. The van der Waals surface area contributed by atoms with Gasteiger partial charge in [-0.25, -0.2) is 0 Å². The minimum absolute atomic E-state index is 0.659. The van der Waals surface area contributed by atoms with E-state index in [0.29, 0.717) is 6.61 Å². The Morgan fingerprint density at radius 3 is 2.88 bits per heavy atom. The van der Waals surface area contributed by atoms with Crippen molar-refractivity contribution in [1.82, 2.24) is 0 Å². The van der Waals surface area contributed by atoms with Crippen LogP contribution in [-0.2, 0) is 4.74 Å². The van der Waals surface area contributed by atoms with Crippen LogP contribution in [0.2, 0.25) is 0 Å². The molecule has 0 spiro atoms. The molecule has 0 atom stereocenters. The van der Waals surface area contributed by atoms with Gasteiger partial charge in [-0.3, -0.25) is 0 Å². The molecule has 92 valence electrons. The summed E-state index contributed by atoms with van der Waals surface area (Å²) in [5.74, 6) is 0.969. The molecule has 0 amide bonds. The van der Waals surface area contributed by atoms with Crippen LogP contribution in [0.4, 0.5) is 5.69 Å². The molecule has 0 unspecified atom stereocenters. The summed E-state index contributed by atoms with van der Waals surface area (Å²) >= 11 is 1.69. The van der Waals surface area contributed by atoms with Gasteiger partial charge in [0, 0.05) is 18.0 Å². The quantitative estimate of drug-likeness (QED) is 0.596. The molecule has 1 aromatic carbocycles. The largest absolute Gasteiger partial charge is 0.382 e. The summed E-state index contributed by atoms with van der Waals surface area (Å²) in [5.41, 5.74) is 1.63. The monoisotopic (exact) mass is 250 g/mol. The van der Waals surface area contributed by atoms with Gasteiger partial charge in [0.1, 0.15) is 6.07 Å². The lowest BCUT2D eigenvalue weighted by Crippen LogP contribution is -2.10. The van der Waals surface area contributed by atoms with E-state index in [4.69, 9.17) is 4.74 Å². The van der Waals surface area contributed by atoms with Crippen LogP contribution in [0.1, 0.15) is 19.4 Å². The molecule has 1 rings (SSSR count). The first-order valence-corrected chi connectivity index (χ1v) is 6.79. The highest BCUT2D eigenvalue weighted by atomic mass is 32.2. The molecular formula is C13H18N2OS. The van der Waals surface area contributed by atoms with Crippen LogP contribution >= 0.6 is 11.8 Å². The van der Waals surface area contributed by atoms with E-state index in [-0.39, 0.29) is 0 Å². The lowest BCUT2D eigenvalue weighted by atomic mass is 10.2. The molecule has 0 saturated heterocycles.